The van der Waals surface area contributed by atoms with Gasteiger partial charge in [0.25, 0.3) is 0 Å². The van der Waals surface area contributed by atoms with Crippen molar-refractivity contribution in [1.29, 1.82) is 0 Å². The van der Waals surface area contributed by atoms with Crippen LogP contribution in [0.1, 0.15) is 45.4 Å². The van der Waals surface area contributed by atoms with Crippen molar-refractivity contribution in [2.24, 2.45) is 5.92 Å². The average molecular weight is 184 g/mol. The highest BCUT2D eigenvalue weighted by Crippen LogP contribution is 2.45. The quantitative estimate of drug-likeness (QED) is 0.725. The lowest BCUT2D eigenvalue weighted by molar-refractivity contribution is -0.123. The van der Waals surface area contributed by atoms with Crippen molar-refractivity contribution >= 4 is 0 Å². The van der Waals surface area contributed by atoms with Crippen LogP contribution in [0.25, 0.3) is 0 Å². The molecule has 2 rings (SSSR count). The Morgan fingerprint density at radius 3 is 2.46 bits per heavy atom. The van der Waals surface area contributed by atoms with Gasteiger partial charge in [-0.3, -0.25) is 0 Å². The second kappa shape index (κ2) is 3.58. The molecule has 0 spiro atoms. The molecule has 0 bridgehead atoms. The maximum atomic E-state index is 10.1. The Kier molecular flexibility index (Phi) is 2.61. The molecule has 2 aliphatic rings. The van der Waals surface area contributed by atoms with Crippen molar-refractivity contribution in [1.82, 2.24) is 0 Å². The minimum absolute atomic E-state index is 0.157. The first-order valence-electron chi connectivity index (χ1n) is 5.60. The van der Waals surface area contributed by atoms with Gasteiger partial charge in [-0.2, -0.15) is 0 Å². The molecular weight excluding hydrogens is 164 g/mol. The van der Waals surface area contributed by atoms with Crippen LogP contribution in [0.2, 0.25) is 0 Å². The first-order chi connectivity index (χ1) is 6.28. The summed E-state index contributed by atoms with van der Waals surface area (Å²) in [4.78, 5) is 0. The molecule has 1 atom stereocenters. The molecule has 0 aromatic heterocycles. The van der Waals surface area contributed by atoms with E-state index in [0.29, 0.717) is 5.92 Å². The zero-order chi connectivity index (χ0) is 9.31. The van der Waals surface area contributed by atoms with Crippen LogP contribution in [0.4, 0.5) is 0 Å². The van der Waals surface area contributed by atoms with Crippen LogP contribution < -0.4 is 0 Å². The molecule has 2 nitrogen and oxygen atoms in total. The van der Waals surface area contributed by atoms with E-state index < -0.39 is 0 Å². The van der Waals surface area contributed by atoms with Gasteiger partial charge in [0.15, 0.2) is 0 Å². The molecule has 0 aromatic rings. The summed E-state index contributed by atoms with van der Waals surface area (Å²) in [7, 11) is 0. The number of hydrogen-bond donors (Lipinski definition) is 1. The summed E-state index contributed by atoms with van der Waals surface area (Å²) >= 11 is 0. The Morgan fingerprint density at radius 2 is 2.00 bits per heavy atom. The Labute approximate surface area is 80.3 Å². The maximum Gasteiger partial charge on any atom is 0.0942 e. The van der Waals surface area contributed by atoms with E-state index >= 15 is 0 Å². The molecule has 2 saturated carbocycles. The van der Waals surface area contributed by atoms with Crippen molar-refractivity contribution in [3.05, 3.63) is 0 Å². The molecule has 0 saturated heterocycles. The van der Waals surface area contributed by atoms with Gasteiger partial charge in [0.1, 0.15) is 0 Å². The minimum atomic E-state index is -0.185. The largest absolute Gasteiger partial charge is 0.390 e. The predicted molar refractivity (Wildman–Crippen MR) is 51.6 cm³/mol. The standard InChI is InChI=1S/C11H20O2/c1-2-13-11(7-3-4-8-11)10(12)9-5-6-9/h9-10,12H,2-8H2,1H3. The number of rotatable bonds is 4. The molecule has 2 aliphatic carbocycles. The van der Waals surface area contributed by atoms with Gasteiger partial charge < -0.3 is 9.84 Å². The van der Waals surface area contributed by atoms with E-state index in [2.05, 4.69) is 0 Å². The van der Waals surface area contributed by atoms with Crippen molar-refractivity contribution < 1.29 is 9.84 Å². The van der Waals surface area contributed by atoms with Gasteiger partial charge >= 0.3 is 0 Å². The van der Waals surface area contributed by atoms with Crippen LogP contribution in [-0.2, 0) is 4.74 Å². The average Bonchev–Trinajstić information content (AvgIpc) is 2.87. The van der Waals surface area contributed by atoms with E-state index in [1.165, 1.54) is 25.7 Å². The highest BCUT2D eigenvalue weighted by atomic mass is 16.5. The molecule has 0 amide bonds. The smallest absolute Gasteiger partial charge is 0.0942 e. The number of ether oxygens (including phenoxy) is 1. The van der Waals surface area contributed by atoms with E-state index in [1.807, 2.05) is 6.92 Å². The fraction of sp³-hybridized carbons (Fsp3) is 1.00. The monoisotopic (exact) mass is 184 g/mol. The summed E-state index contributed by atoms with van der Waals surface area (Å²) in [6, 6.07) is 0. The SMILES string of the molecule is CCOC1(C(O)C2CC2)CCCC1. The molecule has 0 aliphatic heterocycles. The maximum absolute atomic E-state index is 10.1. The van der Waals surface area contributed by atoms with Crippen LogP contribution >= 0.6 is 0 Å². The van der Waals surface area contributed by atoms with Crippen molar-refractivity contribution in [2.75, 3.05) is 6.61 Å². The van der Waals surface area contributed by atoms with Gasteiger partial charge in [0.05, 0.1) is 11.7 Å². The van der Waals surface area contributed by atoms with E-state index in [1.54, 1.807) is 0 Å². The summed E-state index contributed by atoms with van der Waals surface area (Å²) < 4.78 is 5.80. The highest BCUT2D eigenvalue weighted by molar-refractivity contribution is 4.99. The van der Waals surface area contributed by atoms with Crippen molar-refractivity contribution in [2.45, 2.75) is 57.2 Å². The molecular formula is C11H20O2. The van der Waals surface area contributed by atoms with Crippen LogP contribution in [0.15, 0.2) is 0 Å². The molecule has 2 heteroatoms. The molecule has 0 heterocycles. The van der Waals surface area contributed by atoms with Crippen LogP contribution in [0.5, 0.6) is 0 Å². The zero-order valence-corrected chi connectivity index (χ0v) is 8.46. The van der Waals surface area contributed by atoms with Crippen molar-refractivity contribution in [3.8, 4) is 0 Å². The summed E-state index contributed by atoms with van der Waals surface area (Å²) in [5.74, 6) is 0.546. The summed E-state index contributed by atoms with van der Waals surface area (Å²) in [5.41, 5.74) is -0.157. The number of hydrogen-bond acceptors (Lipinski definition) is 2. The van der Waals surface area contributed by atoms with Crippen LogP contribution in [-0.4, -0.2) is 23.4 Å². The van der Waals surface area contributed by atoms with E-state index in [0.717, 1.165) is 19.4 Å². The van der Waals surface area contributed by atoms with Gasteiger partial charge in [-0.05, 0) is 38.5 Å². The fourth-order valence-electron chi connectivity index (χ4n) is 2.63. The fourth-order valence-corrected chi connectivity index (χ4v) is 2.63. The van der Waals surface area contributed by atoms with Crippen molar-refractivity contribution in [3.63, 3.8) is 0 Å². The third-order valence-corrected chi connectivity index (χ3v) is 3.49. The third kappa shape index (κ3) is 1.75. The molecule has 1 N–H and O–H groups in total. The molecule has 13 heavy (non-hydrogen) atoms. The molecule has 2 fully saturated rings. The number of aliphatic hydroxyl groups is 1. The van der Waals surface area contributed by atoms with Gasteiger partial charge in [-0.1, -0.05) is 12.8 Å². The Balaban J connectivity index is 2.01. The van der Waals surface area contributed by atoms with Crippen LogP contribution in [0, 0.1) is 5.92 Å². The molecule has 0 radical (unpaired) electrons. The molecule has 76 valence electrons. The zero-order valence-electron chi connectivity index (χ0n) is 8.46. The van der Waals surface area contributed by atoms with Gasteiger partial charge in [-0.15, -0.1) is 0 Å². The Bertz CT molecular complexity index is 169. The first-order valence-corrected chi connectivity index (χ1v) is 5.60. The second-order valence-electron chi connectivity index (χ2n) is 4.49. The lowest BCUT2D eigenvalue weighted by Crippen LogP contribution is -2.43. The lowest BCUT2D eigenvalue weighted by atomic mass is 9.91. The predicted octanol–water partition coefficient (Wildman–Crippen LogP) is 2.11. The van der Waals surface area contributed by atoms with E-state index in [9.17, 15) is 5.11 Å². The minimum Gasteiger partial charge on any atom is -0.390 e. The Morgan fingerprint density at radius 1 is 1.38 bits per heavy atom. The molecule has 1 unspecified atom stereocenters. The first kappa shape index (κ1) is 9.47. The second-order valence-corrected chi connectivity index (χ2v) is 4.49. The summed E-state index contributed by atoms with van der Waals surface area (Å²) in [6.45, 7) is 2.77. The Hall–Kier alpha value is -0.0800. The summed E-state index contributed by atoms with van der Waals surface area (Å²) in [5, 5.41) is 10.1. The van der Waals surface area contributed by atoms with E-state index in [-0.39, 0.29) is 11.7 Å². The van der Waals surface area contributed by atoms with Gasteiger partial charge in [0.2, 0.25) is 0 Å². The topological polar surface area (TPSA) is 29.5 Å². The number of aliphatic hydroxyl groups excluding tert-OH is 1. The van der Waals surface area contributed by atoms with Gasteiger partial charge in [-0.25, -0.2) is 0 Å². The van der Waals surface area contributed by atoms with E-state index in [4.69, 9.17) is 4.74 Å². The lowest BCUT2D eigenvalue weighted by Gasteiger charge is -2.34. The van der Waals surface area contributed by atoms with Gasteiger partial charge in [0, 0.05) is 6.61 Å². The van der Waals surface area contributed by atoms with Crippen LogP contribution in [0.3, 0.4) is 0 Å². The third-order valence-electron chi connectivity index (χ3n) is 3.49. The normalized spacial score (nSPS) is 29.1. The molecule has 0 aromatic carbocycles. The summed E-state index contributed by atoms with van der Waals surface area (Å²) in [6.07, 6.45) is 6.81. The highest BCUT2D eigenvalue weighted by Gasteiger charge is 2.47.